The Bertz CT molecular complexity index is 261. The van der Waals surface area contributed by atoms with E-state index < -0.39 is 23.1 Å². The highest BCUT2D eigenvalue weighted by Gasteiger charge is 2.45. The van der Waals surface area contributed by atoms with E-state index in [1.54, 1.807) is 20.8 Å². The lowest BCUT2D eigenvalue weighted by Crippen LogP contribution is -2.59. The van der Waals surface area contributed by atoms with Crippen molar-refractivity contribution in [3.8, 4) is 0 Å². The van der Waals surface area contributed by atoms with Gasteiger partial charge in [0.25, 0.3) is 0 Å². The predicted octanol–water partition coefficient (Wildman–Crippen LogP) is 0.634. The molecule has 1 unspecified atom stereocenters. The number of nitrogens with two attached hydrogens (primary N) is 1. The monoisotopic (exact) mass is 329 g/mol. The second-order valence-corrected chi connectivity index (χ2v) is 4.86. The van der Waals surface area contributed by atoms with Crippen LogP contribution in [0.3, 0.4) is 0 Å². The molecule has 0 aliphatic rings. The summed E-state index contributed by atoms with van der Waals surface area (Å²) in [5.74, 6) is -1.55. The molecule has 0 bridgehead atoms. The van der Waals surface area contributed by atoms with Crippen LogP contribution in [0.15, 0.2) is 0 Å². The summed E-state index contributed by atoms with van der Waals surface area (Å²) in [7, 11) is 1.18. The average Bonchev–Trinajstić information content (AvgIpc) is 2.12. The van der Waals surface area contributed by atoms with Gasteiger partial charge in [0.15, 0.2) is 0 Å². The Hall–Kier alpha value is -0.370. The topological polar surface area (TPSA) is 78.6 Å². The number of rotatable bonds is 3. The predicted molar refractivity (Wildman–Crippen MR) is 63.7 cm³/mol. The highest BCUT2D eigenvalue weighted by molar-refractivity contribution is 14.1. The van der Waals surface area contributed by atoms with Gasteiger partial charge in [0, 0.05) is 4.43 Å². The number of hydrogen-bond acceptors (Lipinski definition) is 5. The molecule has 0 aliphatic heterocycles. The van der Waals surface area contributed by atoms with Crippen molar-refractivity contribution in [3.63, 3.8) is 0 Å². The Balaban J connectivity index is 4.82. The van der Waals surface area contributed by atoms with Gasteiger partial charge in [0.1, 0.15) is 5.60 Å². The number of methoxy groups -OCH3 is 1. The van der Waals surface area contributed by atoms with E-state index >= 15 is 0 Å². The van der Waals surface area contributed by atoms with Crippen molar-refractivity contribution in [2.24, 2.45) is 5.73 Å². The minimum absolute atomic E-state index is 0.104. The smallest absolute Gasteiger partial charge is 0.339 e. The lowest BCUT2D eigenvalue weighted by Gasteiger charge is -2.27. The first kappa shape index (κ1) is 14.6. The van der Waals surface area contributed by atoms with E-state index in [9.17, 15) is 9.59 Å². The number of hydrogen-bond donors (Lipinski definition) is 1. The van der Waals surface area contributed by atoms with Crippen molar-refractivity contribution < 1.29 is 19.1 Å². The third-order valence-corrected chi connectivity index (χ3v) is 2.73. The highest BCUT2D eigenvalue weighted by Crippen LogP contribution is 2.16. The molecular formula is C9H16INO4. The Morgan fingerprint density at radius 2 is 1.73 bits per heavy atom. The van der Waals surface area contributed by atoms with Crippen LogP contribution in [0.5, 0.6) is 0 Å². The SMILES string of the molecule is COC(=O)C(N)(CI)C(=O)OC(C)(C)C. The minimum atomic E-state index is -1.72. The quantitative estimate of drug-likeness (QED) is 0.356. The van der Waals surface area contributed by atoms with Gasteiger partial charge in [0.2, 0.25) is 5.54 Å². The van der Waals surface area contributed by atoms with Crippen LogP contribution in [-0.4, -0.2) is 34.6 Å². The van der Waals surface area contributed by atoms with Gasteiger partial charge in [-0.15, -0.1) is 0 Å². The molecule has 0 amide bonds. The first-order valence-corrected chi connectivity index (χ1v) is 5.86. The fourth-order valence-electron chi connectivity index (χ4n) is 0.744. The maximum Gasteiger partial charge on any atom is 0.339 e. The van der Waals surface area contributed by atoms with Gasteiger partial charge in [-0.3, -0.25) is 0 Å². The number of esters is 2. The third-order valence-electron chi connectivity index (χ3n) is 1.52. The molecule has 2 N–H and O–H groups in total. The first-order valence-electron chi connectivity index (χ1n) is 4.34. The fourth-order valence-corrected chi connectivity index (χ4v) is 1.37. The van der Waals surface area contributed by atoms with Crippen LogP contribution in [0.25, 0.3) is 0 Å². The van der Waals surface area contributed by atoms with Crippen LogP contribution < -0.4 is 5.73 Å². The third kappa shape index (κ3) is 3.94. The Morgan fingerprint density at radius 3 is 2.00 bits per heavy atom. The van der Waals surface area contributed by atoms with Crippen LogP contribution in [0, 0.1) is 0 Å². The van der Waals surface area contributed by atoms with E-state index in [4.69, 9.17) is 10.5 Å². The summed E-state index contributed by atoms with van der Waals surface area (Å²) >= 11 is 1.84. The van der Waals surface area contributed by atoms with Gasteiger partial charge < -0.3 is 15.2 Å². The molecule has 0 aromatic heterocycles. The molecule has 0 spiro atoms. The molecule has 5 nitrogen and oxygen atoms in total. The molecule has 0 saturated heterocycles. The maximum absolute atomic E-state index is 11.7. The van der Waals surface area contributed by atoms with Gasteiger partial charge in [-0.05, 0) is 20.8 Å². The number of carbonyl (C=O) groups excluding carboxylic acids is 2. The normalized spacial score (nSPS) is 15.3. The molecule has 6 heteroatoms. The van der Waals surface area contributed by atoms with E-state index in [-0.39, 0.29) is 4.43 Å². The largest absolute Gasteiger partial charge is 0.467 e. The van der Waals surface area contributed by atoms with Crippen LogP contribution in [0.4, 0.5) is 0 Å². The summed E-state index contributed by atoms with van der Waals surface area (Å²) in [6, 6.07) is 0. The van der Waals surface area contributed by atoms with Crippen LogP contribution >= 0.6 is 22.6 Å². The molecule has 0 fully saturated rings. The Kier molecular flexibility index (Phi) is 4.98. The molecule has 88 valence electrons. The summed E-state index contributed by atoms with van der Waals surface area (Å²) < 4.78 is 9.62. The zero-order valence-corrected chi connectivity index (χ0v) is 11.5. The number of carbonyl (C=O) groups is 2. The molecule has 0 radical (unpaired) electrons. The molecule has 0 heterocycles. The zero-order valence-electron chi connectivity index (χ0n) is 9.30. The van der Waals surface area contributed by atoms with Crippen molar-refractivity contribution in [1.29, 1.82) is 0 Å². The molecule has 0 rings (SSSR count). The molecular weight excluding hydrogens is 313 g/mol. The Labute approximate surface area is 103 Å². The maximum atomic E-state index is 11.7. The lowest BCUT2D eigenvalue weighted by molar-refractivity contribution is -0.168. The lowest BCUT2D eigenvalue weighted by atomic mass is 10.0. The highest BCUT2D eigenvalue weighted by atomic mass is 127. The van der Waals surface area contributed by atoms with Crippen LogP contribution in [0.1, 0.15) is 20.8 Å². The summed E-state index contributed by atoms with van der Waals surface area (Å²) in [6.45, 7) is 5.11. The first-order chi connectivity index (χ1) is 6.67. The molecule has 0 aromatic carbocycles. The van der Waals surface area contributed by atoms with Gasteiger partial charge in [-0.1, -0.05) is 22.6 Å². The molecule has 0 aromatic rings. The summed E-state index contributed by atoms with van der Waals surface area (Å²) in [4.78, 5) is 23.0. The minimum Gasteiger partial charge on any atom is -0.467 e. The summed E-state index contributed by atoms with van der Waals surface area (Å²) in [5, 5.41) is 0. The zero-order chi connectivity index (χ0) is 12.3. The van der Waals surface area contributed by atoms with Crippen molar-refractivity contribution in [3.05, 3.63) is 0 Å². The van der Waals surface area contributed by atoms with Gasteiger partial charge in [-0.25, -0.2) is 9.59 Å². The number of ether oxygens (including phenoxy) is 2. The second kappa shape index (κ2) is 5.11. The van der Waals surface area contributed by atoms with E-state index in [2.05, 4.69) is 4.74 Å². The number of alkyl halides is 1. The fraction of sp³-hybridized carbons (Fsp3) is 0.778. The van der Waals surface area contributed by atoms with E-state index in [1.165, 1.54) is 7.11 Å². The molecule has 0 aliphatic carbocycles. The van der Waals surface area contributed by atoms with Crippen molar-refractivity contribution in [1.82, 2.24) is 0 Å². The van der Waals surface area contributed by atoms with Crippen molar-refractivity contribution in [2.75, 3.05) is 11.5 Å². The van der Waals surface area contributed by atoms with Gasteiger partial charge in [-0.2, -0.15) is 0 Å². The summed E-state index contributed by atoms with van der Waals surface area (Å²) in [5.41, 5.74) is 3.25. The molecule has 0 saturated carbocycles. The Morgan fingerprint density at radius 1 is 1.27 bits per heavy atom. The second-order valence-electron chi connectivity index (χ2n) is 4.10. The average molecular weight is 329 g/mol. The molecule has 1 atom stereocenters. The van der Waals surface area contributed by atoms with E-state index in [0.717, 1.165) is 0 Å². The van der Waals surface area contributed by atoms with Gasteiger partial charge in [0.05, 0.1) is 7.11 Å². The summed E-state index contributed by atoms with van der Waals surface area (Å²) in [6.07, 6.45) is 0. The van der Waals surface area contributed by atoms with Crippen molar-refractivity contribution in [2.45, 2.75) is 31.9 Å². The van der Waals surface area contributed by atoms with Crippen LogP contribution in [0.2, 0.25) is 0 Å². The standard InChI is InChI=1S/C9H16INO4/c1-8(2,3)15-7(13)9(11,5-10)6(12)14-4/h5,11H2,1-4H3. The van der Waals surface area contributed by atoms with E-state index in [0.29, 0.717) is 0 Å². The van der Waals surface area contributed by atoms with E-state index in [1.807, 2.05) is 22.6 Å². The molecule has 15 heavy (non-hydrogen) atoms. The van der Waals surface area contributed by atoms with Crippen LogP contribution in [-0.2, 0) is 19.1 Å². The van der Waals surface area contributed by atoms with Crippen molar-refractivity contribution >= 4 is 34.5 Å². The number of halogens is 1. The van der Waals surface area contributed by atoms with Gasteiger partial charge >= 0.3 is 11.9 Å².